The van der Waals surface area contributed by atoms with Gasteiger partial charge in [-0.2, -0.15) is 0 Å². The lowest BCUT2D eigenvalue weighted by molar-refractivity contribution is -0.144. The lowest BCUT2D eigenvalue weighted by Crippen LogP contribution is -2.45. The van der Waals surface area contributed by atoms with Crippen LogP contribution in [0.15, 0.2) is 78.9 Å². The van der Waals surface area contributed by atoms with Gasteiger partial charge in [0.15, 0.2) is 6.10 Å². The van der Waals surface area contributed by atoms with E-state index in [1.807, 2.05) is 67.6 Å². The van der Waals surface area contributed by atoms with Crippen LogP contribution in [0.2, 0.25) is 0 Å². The summed E-state index contributed by atoms with van der Waals surface area (Å²) in [5.41, 5.74) is 3.82. The number of amides is 2. The highest BCUT2D eigenvalue weighted by molar-refractivity contribution is 5.96. The number of ether oxygens (including phenoxy) is 1. The Labute approximate surface area is 193 Å². The quantitative estimate of drug-likeness (QED) is 0.570. The minimum Gasteiger partial charge on any atom is -0.448 e. The summed E-state index contributed by atoms with van der Waals surface area (Å²) in [7, 11) is 0. The molecule has 168 valence electrons. The predicted octanol–water partition coefficient (Wildman–Crippen LogP) is 4.52. The monoisotopic (exact) mass is 442 g/mol. The van der Waals surface area contributed by atoms with Gasteiger partial charge in [0.1, 0.15) is 0 Å². The lowest BCUT2D eigenvalue weighted by Gasteiger charge is -2.34. The van der Waals surface area contributed by atoms with Gasteiger partial charge in [0.25, 0.3) is 5.91 Å². The van der Waals surface area contributed by atoms with Gasteiger partial charge in [0, 0.05) is 25.6 Å². The van der Waals surface area contributed by atoms with E-state index in [4.69, 9.17) is 4.74 Å². The second kappa shape index (κ2) is 9.69. The number of benzene rings is 3. The third-order valence-corrected chi connectivity index (χ3v) is 5.80. The zero-order valence-electron chi connectivity index (χ0n) is 18.7. The molecule has 0 aromatic heterocycles. The molecule has 33 heavy (non-hydrogen) atoms. The number of carbonyl (C=O) groups excluding carboxylic acids is 3. The molecule has 0 saturated carbocycles. The van der Waals surface area contributed by atoms with Crippen molar-refractivity contribution in [2.45, 2.75) is 39.0 Å². The fourth-order valence-electron chi connectivity index (χ4n) is 4.10. The molecule has 1 N–H and O–H groups in total. The highest BCUT2D eigenvalue weighted by atomic mass is 16.5. The van der Waals surface area contributed by atoms with Crippen molar-refractivity contribution < 1.29 is 19.1 Å². The Bertz CT molecular complexity index is 1180. The number of rotatable bonds is 6. The molecule has 0 bridgehead atoms. The molecule has 6 nitrogen and oxygen atoms in total. The van der Waals surface area contributed by atoms with Gasteiger partial charge in [-0.1, -0.05) is 60.7 Å². The van der Waals surface area contributed by atoms with Crippen LogP contribution in [-0.2, 0) is 27.3 Å². The molecule has 3 aromatic carbocycles. The number of fused-ring (bicyclic) bond motifs is 1. The van der Waals surface area contributed by atoms with Crippen LogP contribution in [0.25, 0.3) is 0 Å². The summed E-state index contributed by atoms with van der Waals surface area (Å²) in [6.07, 6.45) is -0.554. The third kappa shape index (κ3) is 5.12. The maximum absolute atomic E-state index is 13.7. The van der Waals surface area contributed by atoms with Crippen molar-refractivity contribution in [3.63, 3.8) is 0 Å². The minimum atomic E-state index is -0.892. The Morgan fingerprint density at radius 1 is 1.03 bits per heavy atom. The molecule has 3 aromatic rings. The number of carbonyl (C=O) groups is 3. The van der Waals surface area contributed by atoms with Crippen molar-refractivity contribution in [2.75, 3.05) is 5.32 Å². The van der Waals surface area contributed by atoms with Crippen molar-refractivity contribution in [3.05, 3.63) is 101 Å². The van der Waals surface area contributed by atoms with E-state index in [0.717, 1.165) is 16.7 Å². The van der Waals surface area contributed by atoms with Crippen molar-refractivity contribution in [3.8, 4) is 0 Å². The van der Waals surface area contributed by atoms with Crippen molar-refractivity contribution in [2.24, 2.45) is 0 Å². The number of hydrogen-bond donors (Lipinski definition) is 1. The molecule has 0 unspecified atom stereocenters. The lowest BCUT2D eigenvalue weighted by atomic mass is 9.97. The second-order valence-electron chi connectivity index (χ2n) is 8.19. The molecule has 0 fully saturated rings. The van der Waals surface area contributed by atoms with Crippen LogP contribution >= 0.6 is 0 Å². The maximum Gasteiger partial charge on any atom is 0.339 e. The Morgan fingerprint density at radius 2 is 1.76 bits per heavy atom. The van der Waals surface area contributed by atoms with Crippen LogP contribution in [0.4, 0.5) is 5.69 Å². The van der Waals surface area contributed by atoms with Gasteiger partial charge in [-0.05, 0) is 41.8 Å². The van der Waals surface area contributed by atoms with Crippen LogP contribution in [0.1, 0.15) is 46.9 Å². The molecular weight excluding hydrogens is 416 g/mol. The Hall–Kier alpha value is -3.93. The van der Waals surface area contributed by atoms with Gasteiger partial charge < -0.3 is 15.0 Å². The number of nitrogens with zero attached hydrogens (tertiary/aromatic N) is 1. The highest BCUT2D eigenvalue weighted by Crippen LogP contribution is 2.29. The van der Waals surface area contributed by atoms with E-state index in [-0.39, 0.29) is 17.9 Å². The molecule has 0 saturated heterocycles. The molecule has 4 rings (SSSR count). The largest absolute Gasteiger partial charge is 0.448 e. The molecule has 6 heteroatoms. The molecular formula is C27H26N2O4. The van der Waals surface area contributed by atoms with Crippen LogP contribution < -0.4 is 5.32 Å². The summed E-state index contributed by atoms with van der Waals surface area (Å²) in [5, 5.41) is 2.79. The second-order valence-corrected chi connectivity index (χ2v) is 8.19. The van der Waals surface area contributed by atoms with E-state index in [9.17, 15) is 14.4 Å². The minimum absolute atomic E-state index is 0.162. The number of anilines is 1. The summed E-state index contributed by atoms with van der Waals surface area (Å²) in [4.78, 5) is 39.5. The molecule has 1 heterocycles. The SMILES string of the molecule is CC(=O)Nc1cccc([C@H](C)N(Cc2ccccc2)C(=O)[C@@H]2Cc3ccccc3C(=O)O2)c1. The van der Waals surface area contributed by atoms with Gasteiger partial charge >= 0.3 is 5.97 Å². The maximum atomic E-state index is 13.7. The van der Waals surface area contributed by atoms with Crippen molar-refractivity contribution in [1.29, 1.82) is 0 Å². The predicted molar refractivity (Wildman–Crippen MR) is 126 cm³/mol. The van der Waals surface area contributed by atoms with Crippen LogP contribution in [0, 0.1) is 0 Å². The molecule has 0 aliphatic carbocycles. The fraction of sp³-hybridized carbons (Fsp3) is 0.222. The number of nitrogens with one attached hydrogen (secondary N) is 1. The van der Waals surface area contributed by atoms with Gasteiger partial charge in [-0.15, -0.1) is 0 Å². The Balaban J connectivity index is 1.64. The first kappa shape index (κ1) is 22.3. The molecule has 1 aliphatic rings. The summed E-state index contributed by atoms with van der Waals surface area (Å²) < 4.78 is 5.57. The normalized spacial score (nSPS) is 15.7. The number of cyclic esters (lactones) is 1. The summed E-state index contributed by atoms with van der Waals surface area (Å²) in [5.74, 6) is -0.890. The van der Waals surface area contributed by atoms with Gasteiger partial charge in [-0.25, -0.2) is 4.79 Å². The van der Waals surface area contributed by atoms with E-state index in [1.54, 1.807) is 23.1 Å². The first-order chi connectivity index (χ1) is 15.9. The Kier molecular flexibility index (Phi) is 6.54. The topological polar surface area (TPSA) is 75.7 Å². The van der Waals surface area contributed by atoms with E-state index in [0.29, 0.717) is 24.2 Å². The average Bonchev–Trinajstić information content (AvgIpc) is 2.82. The van der Waals surface area contributed by atoms with E-state index < -0.39 is 12.1 Å². The smallest absolute Gasteiger partial charge is 0.339 e. The van der Waals surface area contributed by atoms with Crippen molar-refractivity contribution >= 4 is 23.5 Å². The van der Waals surface area contributed by atoms with Crippen LogP contribution in [0.3, 0.4) is 0 Å². The molecule has 0 radical (unpaired) electrons. The highest BCUT2D eigenvalue weighted by Gasteiger charge is 2.35. The van der Waals surface area contributed by atoms with E-state index in [1.165, 1.54) is 6.92 Å². The first-order valence-corrected chi connectivity index (χ1v) is 10.9. The van der Waals surface area contributed by atoms with Crippen LogP contribution in [0.5, 0.6) is 0 Å². The first-order valence-electron chi connectivity index (χ1n) is 10.9. The number of esters is 1. The van der Waals surface area contributed by atoms with E-state index in [2.05, 4.69) is 5.32 Å². The third-order valence-electron chi connectivity index (χ3n) is 5.80. The Morgan fingerprint density at radius 3 is 2.52 bits per heavy atom. The average molecular weight is 443 g/mol. The van der Waals surface area contributed by atoms with Gasteiger partial charge in [0.2, 0.25) is 5.91 Å². The van der Waals surface area contributed by atoms with Gasteiger partial charge in [-0.3, -0.25) is 9.59 Å². The fourth-order valence-corrected chi connectivity index (χ4v) is 4.10. The van der Waals surface area contributed by atoms with Gasteiger partial charge in [0.05, 0.1) is 11.6 Å². The standard InChI is InChI=1S/C27H26N2O4/c1-18(21-12-8-13-23(15-21)28-19(2)30)29(17-20-9-4-3-5-10-20)26(31)25-16-22-11-6-7-14-24(22)27(32)33-25/h3-15,18,25H,16-17H2,1-2H3,(H,28,30)/t18-,25-/m0/s1. The molecule has 0 spiro atoms. The van der Waals surface area contributed by atoms with Crippen molar-refractivity contribution in [1.82, 2.24) is 4.90 Å². The van der Waals surface area contributed by atoms with E-state index >= 15 is 0 Å². The molecule has 2 amide bonds. The van der Waals surface area contributed by atoms with Crippen LogP contribution in [-0.4, -0.2) is 28.8 Å². The number of hydrogen-bond acceptors (Lipinski definition) is 4. The summed E-state index contributed by atoms with van der Waals surface area (Å²) >= 11 is 0. The molecule has 1 aliphatic heterocycles. The zero-order chi connectivity index (χ0) is 23.4. The summed E-state index contributed by atoms with van der Waals surface area (Å²) in [6.45, 7) is 3.75. The molecule has 2 atom stereocenters. The summed E-state index contributed by atoms with van der Waals surface area (Å²) in [6, 6.07) is 24.0. The zero-order valence-corrected chi connectivity index (χ0v) is 18.7.